The first-order valence-corrected chi connectivity index (χ1v) is 11.7. The maximum absolute atomic E-state index is 14.0. The van der Waals surface area contributed by atoms with Crippen LogP contribution in [0.25, 0.3) is 0 Å². The normalized spacial score (nSPS) is 23.1. The number of halogens is 13. The van der Waals surface area contributed by atoms with Gasteiger partial charge in [-0.2, -0.15) is 0 Å². The summed E-state index contributed by atoms with van der Waals surface area (Å²) in [6.45, 7) is 0. The van der Waals surface area contributed by atoms with Crippen LogP contribution in [0, 0.1) is 0 Å². The zero-order chi connectivity index (χ0) is 26.1. The molecule has 1 heterocycles. The van der Waals surface area contributed by atoms with Crippen LogP contribution in [0.3, 0.4) is 0 Å². The van der Waals surface area contributed by atoms with E-state index in [1.165, 1.54) is 0 Å². The molecule has 0 aliphatic carbocycles. The Hall–Kier alpha value is -1.76. The van der Waals surface area contributed by atoms with E-state index in [2.05, 4.69) is 9.05 Å². The van der Waals surface area contributed by atoms with Crippen molar-refractivity contribution in [1.82, 2.24) is 0 Å². The summed E-state index contributed by atoms with van der Waals surface area (Å²) in [6.07, 6.45) is -36.5. The standard InChI is InChI=1S/C18H10ClF12O2P/c19-34(11-7-3-1-4-8-11,12-9-5-2-6-10-12)32-13(15(20,21)22,16(23,24)25)14(33-34,17(26,27)28)18(29,30)31/h1-10H. The fourth-order valence-corrected chi connectivity index (χ4v) is 8.74. The molecule has 1 saturated heterocycles. The van der Waals surface area contributed by atoms with Gasteiger partial charge in [0.2, 0.25) is 0 Å². The van der Waals surface area contributed by atoms with E-state index in [0.717, 1.165) is 36.4 Å². The van der Waals surface area contributed by atoms with E-state index in [1.54, 1.807) is 0 Å². The molecule has 0 unspecified atom stereocenters. The Morgan fingerprint density at radius 3 is 0.941 bits per heavy atom. The van der Waals surface area contributed by atoms with Crippen LogP contribution in [0.4, 0.5) is 52.7 Å². The molecule has 34 heavy (non-hydrogen) atoms. The Morgan fingerprint density at radius 2 is 0.735 bits per heavy atom. The fraction of sp³-hybridized carbons (Fsp3) is 0.333. The molecular formula is C18H10ClF12O2P. The van der Waals surface area contributed by atoms with Crippen molar-refractivity contribution in [3.63, 3.8) is 0 Å². The van der Waals surface area contributed by atoms with Crippen LogP contribution in [0.15, 0.2) is 60.7 Å². The van der Waals surface area contributed by atoms with E-state index in [0.29, 0.717) is 24.3 Å². The van der Waals surface area contributed by atoms with E-state index in [4.69, 9.17) is 11.2 Å². The van der Waals surface area contributed by atoms with Crippen LogP contribution >= 0.6 is 17.7 Å². The SMILES string of the molecule is FC(F)(F)C1(C(F)(F)F)OP(Cl)(c2ccccc2)(c2ccccc2)OC1(C(F)(F)F)C(F)(F)F. The zero-order valence-corrected chi connectivity index (χ0v) is 17.6. The van der Waals surface area contributed by atoms with Gasteiger partial charge in [0.15, 0.2) is 0 Å². The summed E-state index contributed by atoms with van der Waals surface area (Å²) in [6, 6.07) is 8.33. The van der Waals surface area contributed by atoms with Crippen LogP contribution in [0.5, 0.6) is 0 Å². The Balaban J connectivity index is 2.67. The molecule has 3 rings (SSSR count). The molecule has 0 atom stereocenters. The summed E-state index contributed by atoms with van der Waals surface area (Å²) in [4.78, 5) is 0. The Kier molecular flexibility index (Phi) is 5.82. The topological polar surface area (TPSA) is 18.5 Å². The van der Waals surface area contributed by atoms with Gasteiger partial charge >= 0.3 is 187 Å². The van der Waals surface area contributed by atoms with Crippen molar-refractivity contribution in [2.45, 2.75) is 35.9 Å². The van der Waals surface area contributed by atoms with Crippen molar-refractivity contribution in [1.29, 1.82) is 0 Å². The van der Waals surface area contributed by atoms with Gasteiger partial charge in [-0.05, 0) is 0 Å². The summed E-state index contributed by atoms with van der Waals surface area (Å²) in [5.41, 5.74) is -14.0. The second kappa shape index (κ2) is 7.37. The quantitative estimate of drug-likeness (QED) is 0.297. The maximum atomic E-state index is 14.0. The van der Waals surface area contributed by atoms with Gasteiger partial charge in [-0.3, -0.25) is 0 Å². The van der Waals surface area contributed by atoms with Gasteiger partial charge in [0.1, 0.15) is 0 Å². The summed E-state index contributed by atoms with van der Waals surface area (Å²) in [5, 5.41) is -2.18. The molecule has 16 heteroatoms. The van der Waals surface area contributed by atoms with Crippen LogP contribution < -0.4 is 10.6 Å². The second-order valence-electron chi connectivity index (χ2n) is 7.07. The molecule has 1 aliphatic rings. The number of alkyl halides is 12. The van der Waals surface area contributed by atoms with Gasteiger partial charge in [0.25, 0.3) is 0 Å². The fourth-order valence-electron chi connectivity index (χ4n) is 3.68. The second-order valence-corrected chi connectivity index (χ2v) is 12.0. The van der Waals surface area contributed by atoms with Crippen LogP contribution in [-0.2, 0) is 9.05 Å². The molecule has 0 aromatic heterocycles. The van der Waals surface area contributed by atoms with Crippen molar-refractivity contribution in [2.75, 3.05) is 0 Å². The first-order chi connectivity index (χ1) is 15.2. The molecule has 1 aliphatic heterocycles. The minimum atomic E-state index is -7.37. The van der Waals surface area contributed by atoms with Gasteiger partial charge in [0, 0.05) is 0 Å². The zero-order valence-electron chi connectivity index (χ0n) is 16.0. The van der Waals surface area contributed by atoms with Crippen LogP contribution in [0.1, 0.15) is 0 Å². The van der Waals surface area contributed by atoms with Gasteiger partial charge in [-0.25, -0.2) is 0 Å². The Morgan fingerprint density at radius 1 is 0.500 bits per heavy atom. The summed E-state index contributed by atoms with van der Waals surface area (Å²) >= 11 is 6.16. The van der Waals surface area contributed by atoms with Crippen molar-refractivity contribution < 1.29 is 61.7 Å². The molecule has 0 saturated carbocycles. The first-order valence-electron chi connectivity index (χ1n) is 8.73. The predicted octanol–water partition coefficient (Wildman–Crippen LogP) is 6.95. The number of hydrogen-bond acceptors (Lipinski definition) is 2. The summed E-state index contributed by atoms with van der Waals surface area (Å²) in [5.74, 6) is 0. The van der Waals surface area contributed by atoms with Gasteiger partial charge in [-0.15, -0.1) is 0 Å². The van der Waals surface area contributed by atoms with Gasteiger partial charge < -0.3 is 0 Å². The van der Waals surface area contributed by atoms with Crippen molar-refractivity contribution >= 4 is 28.3 Å². The average molecular weight is 553 g/mol. The molecule has 0 spiro atoms. The van der Waals surface area contributed by atoms with E-state index >= 15 is 0 Å². The van der Waals surface area contributed by atoms with E-state index < -0.39 is 52.9 Å². The minimum absolute atomic E-state index is 0.609. The Bertz CT molecular complexity index is 936. The third-order valence-corrected chi connectivity index (χ3v) is 10.2. The monoisotopic (exact) mass is 552 g/mol. The average Bonchev–Trinajstić information content (AvgIpc) is 3.01. The Labute approximate surface area is 187 Å². The number of hydrogen-bond donors (Lipinski definition) is 0. The van der Waals surface area contributed by atoms with Crippen molar-refractivity contribution in [2.24, 2.45) is 0 Å². The molecule has 0 N–H and O–H groups in total. The number of rotatable bonds is 2. The third-order valence-electron chi connectivity index (χ3n) is 5.08. The predicted molar refractivity (Wildman–Crippen MR) is 96.8 cm³/mol. The van der Waals surface area contributed by atoms with Crippen LogP contribution in [-0.4, -0.2) is 35.9 Å². The summed E-state index contributed by atoms with van der Waals surface area (Å²) < 4.78 is 177. The van der Waals surface area contributed by atoms with Crippen molar-refractivity contribution in [3.05, 3.63) is 60.7 Å². The van der Waals surface area contributed by atoms with Crippen LogP contribution in [0.2, 0.25) is 0 Å². The molecule has 0 radical (unpaired) electrons. The molecule has 0 amide bonds. The number of benzene rings is 2. The molecule has 2 aromatic rings. The summed E-state index contributed by atoms with van der Waals surface area (Å²) in [7, 11) is 0. The molecule has 2 aromatic carbocycles. The van der Waals surface area contributed by atoms with Gasteiger partial charge in [0.05, 0.1) is 0 Å². The molecular weight excluding hydrogens is 543 g/mol. The van der Waals surface area contributed by atoms with E-state index in [1.807, 2.05) is 0 Å². The van der Waals surface area contributed by atoms with E-state index in [9.17, 15) is 52.7 Å². The van der Waals surface area contributed by atoms with E-state index in [-0.39, 0.29) is 0 Å². The first kappa shape index (κ1) is 26.8. The molecule has 2 nitrogen and oxygen atoms in total. The molecule has 190 valence electrons. The molecule has 0 bridgehead atoms. The third kappa shape index (κ3) is 3.25. The molecule has 1 fully saturated rings. The van der Waals surface area contributed by atoms with Crippen molar-refractivity contribution in [3.8, 4) is 0 Å². The van der Waals surface area contributed by atoms with Gasteiger partial charge in [-0.1, -0.05) is 0 Å².